The molecule has 0 saturated carbocycles. The van der Waals surface area contributed by atoms with Crippen LogP contribution in [-0.2, 0) is 15.8 Å². The Kier molecular flexibility index (Phi) is 3.07. The number of hydrogen-bond acceptors (Lipinski definition) is 5. The molecule has 0 amide bonds. The lowest BCUT2D eigenvalue weighted by Crippen LogP contribution is -2.63. The van der Waals surface area contributed by atoms with E-state index in [2.05, 4.69) is 16.3 Å². The second-order valence-corrected chi connectivity index (χ2v) is 6.20. The molecule has 0 aliphatic carbocycles. The minimum Gasteiger partial charge on any atom is -0.387 e. The van der Waals surface area contributed by atoms with Gasteiger partial charge in [-0.3, -0.25) is 0 Å². The molecule has 1 aliphatic rings. The molecular weight excluding hydrogens is 244 g/mol. The quantitative estimate of drug-likeness (QED) is 0.759. The van der Waals surface area contributed by atoms with Crippen molar-refractivity contribution in [2.45, 2.75) is 17.8 Å². The molecule has 0 atom stereocenters. The molecule has 6 nitrogen and oxygen atoms in total. The molecule has 0 spiro atoms. The van der Waals surface area contributed by atoms with Crippen LogP contribution in [-0.4, -0.2) is 41.7 Å². The molecule has 94 valence electrons. The molecule has 1 N–H and O–H groups in total. The van der Waals surface area contributed by atoms with E-state index in [1.807, 2.05) is 0 Å². The summed E-state index contributed by atoms with van der Waals surface area (Å²) < 4.78 is 29.6. The van der Waals surface area contributed by atoms with E-state index in [1.165, 1.54) is 16.6 Å². The van der Waals surface area contributed by atoms with E-state index in [0.29, 0.717) is 12.1 Å². The van der Waals surface area contributed by atoms with Crippen molar-refractivity contribution in [2.75, 3.05) is 13.1 Å². The zero-order chi connectivity index (χ0) is 12.5. The van der Waals surface area contributed by atoms with Crippen LogP contribution in [0.4, 0.5) is 0 Å². The van der Waals surface area contributed by atoms with Crippen LogP contribution < -0.4 is 0 Å². The number of β-amino-alcohol motifs (C(OH)–C–C–N with tert-alkyl or cyclic N) is 1. The smallest absolute Gasteiger partial charge is 0.220 e. The molecule has 1 aliphatic heterocycles. The first-order chi connectivity index (χ1) is 7.95. The normalized spacial score (nSPS) is 19.8. The third-order valence-electron chi connectivity index (χ3n) is 2.68. The highest BCUT2D eigenvalue weighted by Crippen LogP contribution is 2.28. The van der Waals surface area contributed by atoms with Gasteiger partial charge < -0.3 is 9.63 Å². The van der Waals surface area contributed by atoms with Crippen LogP contribution in [0.15, 0.2) is 29.5 Å². The third-order valence-corrected chi connectivity index (χ3v) is 4.39. The summed E-state index contributed by atoms with van der Waals surface area (Å²) >= 11 is 0. The summed E-state index contributed by atoms with van der Waals surface area (Å²) in [6.07, 6.45) is 3.31. The first-order valence-corrected chi connectivity index (χ1v) is 6.76. The van der Waals surface area contributed by atoms with Gasteiger partial charge in [0.05, 0.1) is 11.3 Å². The van der Waals surface area contributed by atoms with Crippen LogP contribution >= 0.6 is 0 Å². The highest BCUT2D eigenvalue weighted by atomic mass is 32.2. The van der Waals surface area contributed by atoms with Crippen molar-refractivity contribution in [2.24, 2.45) is 0 Å². The molecule has 0 radical (unpaired) electrons. The Labute approximate surface area is 99.6 Å². The van der Waals surface area contributed by atoms with Gasteiger partial charge in [-0.15, -0.1) is 6.58 Å². The Bertz CT molecular complexity index is 488. The van der Waals surface area contributed by atoms with Crippen molar-refractivity contribution < 1.29 is 18.0 Å². The van der Waals surface area contributed by atoms with Crippen molar-refractivity contribution in [1.29, 1.82) is 0 Å². The van der Waals surface area contributed by atoms with Gasteiger partial charge in [-0.25, -0.2) is 8.42 Å². The molecule has 0 bridgehead atoms. The van der Waals surface area contributed by atoms with Gasteiger partial charge in [-0.2, -0.15) is 4.31 Å². The van der Waals surface area contributed by atoms with E-state index >= 15 is 0 Å². The van der Waals surface area contributed by atoms with Gasteiger partial charge in [0, 0.05) is 19.2 Å². The summed E-state index contributed by atoms with van der Waals surface area (Å²) in [4.78, 5) is 0. The maximum absolute atomic E-state index is 11.9. The molecule has 0 aromatic carbocycles. The lowest BCUT2D eigenvalue weighted by Gasteiger charge is -2.44. The second kappa shape index (κ2) is 4.25. The Morgan fingerprint density at radius 3 is 2.88 bits per heavy atom. The maximum Gasteiger partial charge on any atom is 0.220 e. The number of aromatic nitrogens is 1. The molecule has 1 saturated heterocycles. The fraction of sp³-hybridized carbons (Fsp3) is 0.500. The molecule has 7 heteroatoms. The first-order valence-electron chi connectivity index (χ1n) is 5.16. The summed E-state index contributed by atoms with van der Waals surface area (Å²) in [7, 11) is -3.42. The fourth-order valence-corrected chi connectivity index (χ4v) is 3.37. The molecule has 1 aromatic heterocycles. The van der Waals surface area contributed by atoms with Crippen molar-refractivity contribution in [3.8, 4) is 0 Å². The fourth-order valence-electron chi connectivity index (χ4n) is 1.79. The highest BCUT2D eigenvalue weighted by Gasteiger charge is 2.45. The standard InChI is InChI=1S/C10H14N2O4S/c1-2-4-10(13)7-12(8-10)17(14,15)6-9-3-5-16-11-9/h2-3,5,13H,1,4,6-8H2. The number of rotatable bonds is 5. The minimum atomic E-state index is -3.42. The van der Waals surface area contributed by atoms with Gasteiger partial charge in [-0.05, 0) is 6.42 Å². The number of aliphatic hydroxyl groups is 1. The number of nitrogens with zero attached hydrogens (tertiary/aromatic N) is 2. The number of hydrogen-bond donors (Lipinski definition) is 1. The van der Waals surface area contributed by atoms with Gasteiger partial charge in [0.2, 0.25) is 10.0 Å². The summed E-state index contributed by atoms with van der Waals surface area (Å²) in [5, 5.41) is 13.4. The van der Waals surface area contributed by atoms with E-state index in [-0.39, 0.29) is 18.8 Å². The summed E-state index contributed by atoms with van der Waals surface area (Å²) in [6.45, 7) is 3.75. The predicted molar refractivity (Wildman–Crippen MR) is 60.5 cm³/mol. The Morgan fingerprint density at radius 2 is 2.35 bits per heavy atom. The Balaban J connectivity index is 1.98. The van der Waals surface area contributed by atoms with E-state index in [1.54, 1.807) is 6.08 Å². The largest absolute Gasteiger partial charge is 0.387 e. The average molecular weight is 258 g/mol. The van der Waals surface area contributed by atoms with Gasteiger partial charge in [0.25, 0.3) is 0 Å². The lowest BCUT2D eigenvalue weighted by atomic mass is 9.93. The molecular formula is C10H14N2O4S. The van der Waals surface area contributed by atoms with Crippen LogP contribution in [0.2, 0.25) is 0 Å². The van der Waals surface area contributed by atoms with Crippen LogP contribution in [0.25, 0.3) is 0 Å². The predicted octanol–water partition coefficient (Wildman–Crippen LogP) is 0.127. The SMILES string of the molecule is C=CCC1(O)CN(S(=O)(=O)Cc2ccon2)C1. The van der Waals surface area contributed by atoms with E-state index in [4.69, 9.17) is 0 Å². The second-order valence-electron chi connectivity index (χ2n) is 4.23. The first kappa shape index (κ1) is 12.3. The minimum absolute atomic E-state index is 0.110. The van der Waals surface area contributed by atoms with Crippen LogP contribution in [0.1, 0.15) is 12.1 Å². The third kappa shape index (κ3) is 2.56. The molecule has 0 unspecified atom stereocenters. The van der Waals surface area contributed by atoms with Gasteiger partial charge >= 0.3 is 0 Å². The monoisotopic (exact) mass is 258 g/mol. The van der Waals surface area contributed by atoms with Gasteiger partial charge in [0.15, 0.2) is 0 Å². The molecule has 2 heterocycles. The molecule has 2 rings (SSSR count). The van der Waals surface area contributed by atoms with Crippen LogP contribution in [0, 0.1) is 0 Å². The van der Waals surface area contributed by atoms with E-state index in [9.17, 15) is 13.5 Å². The van der Waals surface area contributed by atoms with E-state index < -0.39 is 15.6 Å². The summed E-state index contributed by atoms with van der Waals surface area (Å²) in [5.41, 5.74) is -0.595. The van der Waals surface area contributed by atoms with Crippen LogP contribution in [0.3, 0.4) is 0 Å². The van der Waals surface area contributed by atoms with Crippen molar-refractivity contribution in [1.82, 2.24) is 9.46 Å². The van der Waals surface area contributed by atoms with Crippen LogP contribution in [0.5, 0.6) is 0 Å². The summed E-state index contributed by atoms with van der Waals surface area (Å²) in [6, 6.07) is 1.51. The highest BCUT2D eigenvalue weighted by molar-refractivity contribution is 7.88. The topological polar surface area (TPSA) is 83.6 Å². The Hall–Kier alpha value is -1.18. The molecule has 1 aromatic rings. The van der Waals surface area contributed by atoms with Crippen molar-refractivity contribution in [3.05, 3.63) is 30.7 Å². The zero-order valence-corrected chi connectivity index (χ0v) is 10.1. The lowest BCUT2D eigenvalue weighted by molar-refractivity contribution is -0.0560. The maximum atomic E-state index is 11.9. The van der Waals surface area contributed by atoms with Crippen molar-refractivity contribution >= 4 is 10.0 Å². The van der Waals surface area contributed by atoms with Gasteiger partial charge in [-0.1, -0.05) is 11.2 Å². The Morgan fingerprint density at radius 1 is 1.65 bits per heavy atom. The summed E-state index contributed by atoms with van der Waals surface area (Å²) in [5.74, 6) is -0.201. The number of sulfonamides is 1. The zero-order valence-electron chi connectivity index (χ0n) is 9.24. The van der Waals surface area contributed by atoms with E-state index in [0.717, 1.165) is 0 Å². The molecule has 17 heavy (non-hydrogen) atoms. The average Bonchev–Trinajstić information content (AvgIpc) is 2.66. The van der Waals surface area contributed by atoms with Gasteiger partial charge in [0.1, 0.15) is 12.0 Å². The van der Waals surface area contributed by atoms with Crippen molar-refractivity contribution in [3.63, 3.8) is 0 Å². The molecule has 1 fully saturated rings.